The largest absolute Gasteiger partial charge is 0.492 e. The summed E-state index contributed by atoms with van der Waals surface area (Å²) in [4.78, 5) is 25.2. The number of hydrogen-bond acceptors (Lipinski definition) is 6. The van der Waals surface area contributed by atoms with Crippen LogP contribution < -0.4 is 15.0 Å². The van der Waals surface area contributed by atoms with Gasteiger partial charge in [-0.1, -0.05) is 25.4 Å². The van der Waals surface area contributed by atoms with Crippen LogP contribution >= 0.6 is 11.6 Å². The van der Waals surface area contributed by atoms with Gasteiger partial charge in [0.15, 0.2) is 0 Å². The number of methoxy groups -OCH3 is 2. The van der Waals surface area contributed by atoms with Crippen molar-refractivity contribution in [2.45, 2.75) is 45.3 Å². The van der Waals surface area contributed by atoms with Gasteiger partial charge in [-0.05, 0) is 25.0 Å². The number of fused-ring (bicyclic) bond motifs is 3. The minimum absolute atomic E-state index is 0.0542. The normalized spacial score (nSPS) is 17.0. The Hall–Kier alpha value is -2.55. The smallest absolute Gasteiger partial charge is 0.341 e. The zero-order valence-electron chi connectivity index (χ0n) is 19.9. The minimum atomic E-state index is -1.26. The average molecular weight is 492 g/mol. The van der Waals surface area contributed by atoms with E-state index >= 15 is 0 Å². The Bertz CT molecular complexity index is 1150. The Morgan fingerprint density at radius 1 is 1.21 bits per heavy atom. The first-order chi connectivity index (χ1) is 16.2. The summed E-state index contributed by atoms with van der Waals surface area (Å²) >= 11 is 6.57. The summed E-state index contributed by atoms with van der Waals surface area (Å²) in [6.45, 7) is 5.34. The number of benzene rings is 1. The average Bonchev–Trinajstić information content (AvgIpc) is 3.61. The van der Waals surface area contributed by atoms with Crippen molar-refractivity contribution in [1.82, 2.24) is 4.57 Å². The summed E-state index contributed by atoms with van der Waals surface area (Å²) in [5.41, 5.74) is 0.640. The third kappa shape index (κ3) is 4.54. The van der Waals surface area contributed by atoms with Crippen LogP contribution in [-0.4, -0.2) is 49.7 Å². The van der Waals surface area contributed by atoms with Gasteiger partial charge in [-0.25, -0.2) is 4.79 Å². The van der Waals surface area contributed by atoms with Crippen LogP contribution in [-0.2, 0) is 9.47 Å². The maximum absolute atomic E-state index is 13.3. The van der Waals surface area contributed by atoms with E-state index in [1.165, 1.54) is 6.07 Å². The molecule has 8 nitrogen and oxygen atoms in total. The Balaban J connectivity index is 1.92. The van der Waals surface area contributed by atoms with Crippen LogP contribution in [0.25, 0.3) is 11.3 Å². The van der Waals surface area contributed by atoms with Crippen LogP contribution in [0.4, 0.5) is 0 Å². The van der Waals surface area contributed by atoms with Gasteiger partial charge in [0.1, 0.15) is 23.2 Å². The SMILES string of the molecule is COCCCOc1cc2c(cc1Cl)-c1c(cc(C(=O)O)c(=O)n1C1CC1)C(C(C)(C)COC)O2. The van der Waals surface area contributed by atoms with Crippen molar-refractivity contribution in [3.05, 3.63) is 44.7 Å². The van der Waals surface area contributed by atoms with E-state index in [0.717, 1.165) is 12.8 Å². The number of carboxylic acid groups (broad SMARTS) is 1. The number of pyridine rings is 1. The number of carboxylic acids is 1. The molecule has 2 aliphatic rings. The van der Waals surface area contributed by atoms with Crippen LogP contribution in [0.1, 0.15) is 61.2 Å². The Labute approximate surface area is 203 Å². The van der Waals surface area contributed by atoms with Crippen LogP contribution in [0.15, 0.2) is 23.0 Å². The van der Waals surface area contributed by atoms with E-state index in [9.17, 15) is 14.7 Å². The maximum Gasteiger partial charge on any atom is 0.341 e. The monoisotopic (exact) mass is 491 g/mol. The van der Waals surface area contributed by atoms with E-state index in [2.05, 4.69) is 0 Å². The Morgan fingerprint density at radius 3 is 2.56 bits per heavy atom. The number of aromatic carboxylic acids is 1. The van der Waals surface area contributed by atoms with Gasteiger partial charge < -0.3 is 28.6 Å². The number of halogens is 1. The molecular formula is C25H30ClNO7. The first-order valence-corrected chi connectivity index (χ1v) is 11.7. The third-order valence-electron chi connectivity index (χ3n) is 6.20. The lowest BCUT2D eigenvalue weighted by molar-refractivity contribution is 0.00335. The standard InChI is InChI=1S/C25H30ClNO7/c1-25(2,13-32-4)22-16-10-17(24(29)30)23(28)27(14-6-7-14)21(16)15-11-18(26)20(12-19(15)34-22)33-9-5-8-31-3/h10-12,14,22H,5-9,13H2,1-4H3,(H,29,30). The van der Waals surface area contributed by atoms with Crippen molar-refractivity contribution in [1.29, 1.82) is 0 Å². The lowest BCUT2D eigenvalue weighted by atomic mass is 9.79. The first-order valence-electron chi connectivity index (χ1n) is 11.3. The van der Waals surface area contributed by atoms with Gasteiger partial charge in [0, 0.05) is 55.9 Å². The number of ether oxygens (including phenoxy) is 4. The number of hydrogen-bond donors (Lipinski definition) is 1. The Morgan fingerprint density at radius 2 is 1.94 bits per heavy atom. The second-order valence-corrected chi connectivity index (χ2v) is 9.87. The van der Waals surface area contributed by atoms with Crippen LogP contribution in [0.3, 0.4) is 0 Å². The van der Waals surface area contributed by atoms with Crippen LogP contribution in [0.5, 0.6) is 11.5 Å². The quantitative estimate of drug-likeness (QED) is 0.480. The summed E-state index contributed by atoms with van der Waals surface area (Å²) in [6, 6.07) is 4.88. The summed E-state index contributed by atoms with van der Waals surface area (Å²) in [6.07, 6.45) is 1.77. The fraction of sp³-hybridized carbons (Fsp3) is 0.520. The maximum atomic E-state index is 13.3. The number of carbonyl (C=O) groups is 1. The predicted molar refractivity (Wildman–Crippen MR) is 127 cm³/mol. The van der Waals surface area contributed by atoms with Crippen molar-refractivity contribution in [3.63, 3.8) is 0 Å². The number of rotatable bonds is 10. The van der Waals surface area contributed by atoms with Gasteiger partial charge in [-0.15, -0.1) is 0 Å². The highest BCUT2D eigenvalue weighted by Gasteiger charge is 2.42. The van der Waals surface area contributed by atoms with Crippen molar-refractivity contribution < 1.29 is 28.8 Å². The fourth-order valence-electron chi connectivity index (χ4n) is 4.51. The van der Waals surface area contributed by atoms with Gasteiger partial charge in [-0.3, -0.25) is 4.79 Å². The zero-order valence-corrected chi connectivity index (χ0v) is 20.6. The summed E-state index contributed by atoms with van der Waals surface area (Å²) in [7, 11) is 3.24. The zero-order chi connectivity index (χ0) is 24.6. The van der Waals surface area contributed by atoms with E-state index in [4.69, 9.17) is 30.5 Å². The van der Waals surface area contributed by atoms with Gasteiger partial charge in [0.25, 0.3) is 5.56 Å². The molecule has 0 bridgehead atoms. The lowest BCUT2D eigenvalue weighted by Crippen LogP contribution is -2.37. The second-order valence-electron chi connectivity index (χ2n) is 9.47. The predicted octanol–water partition coefficient (Wildman–Crippen LogP) is 4.72. The molecule has 0 spiro atoms. The molecule has 1 aromatic heterocycles. The Kier molecular flexibility index (Phi) is 6.94. The highest BCUT2D eigenvalue weighted by Crippen LogP contribution is 2.52. The second kappa shape index (κ2) is 9.60. The molecule has 4 rings (SSSR count). The first kappa shape index (κ1) is 24.6. The highest BCUT2D eigenvalue weighted by molar-refractivity contribution is 6.32. The molecule has 1 atom stereocenters. The van der Waals surface area contributed by atoms with Crippen molar-refractivity contribution in [3.8, 4) is 22.8 Å². The molecule has 0 saturated heterocycles. The summed E-state index contributed by atoms with van der Waals surface area (Å²) in [5, 5.41) is 10.1. The molecule has 2 heterocycles. The molecule has 34 heavy (non-hydrogen) atoms. The van der Waals surface area contributed by atoms with Gasteiger partial charge in [0.05, 0.1) is 23.9 Å². The molecule has 0 radical (unpaired) electrons. The highest BCUT2D eigenvalue weighted by atomic mass is 35.5. The van der Waals surface area contributed by atoms with E-state index in [0.29, 0.717) is 59.6 Å². The van der Waals surface area contributed by atoms with Gasteiger partial charge in [0.2, 0.25) is 0 Å². The summed E-state index contributed by atoms with van der Waals surface area (Å²) in [5.74, 6) is -0.246. The molecule has 1 aliphatic carbocycles. The number of nitrogens with zero attached hydrogens (tertiary/aromatic N) is 1. The van der Waals surface area contributed by atoms with Crippen molar-refractivity contribution in [2.75, 3.05) is 34.0 Å². The van der Waals surface area contributed by atoms with E-state index in [1.807, 2.05) is 13.8 Å². The molecule has 1 fully saturated rings. The molecule has 1 unspecified atom stereocenters. The molecule has 1 saturated carbocycles. The van der Waals surface area contributed by atoms with E-state index in [-0.39, 0.29) is 11.6 Å². The molecule has 1 aromatic carbocycles. The minimum Gasteiger partial charge on any atom is -0.492 e. The van der Waals surface area contributed by atoms with Crippen molar-refractivity contribution in [2.24, 2.45) is 5.41 Å². The van der Waals surface area contributed by atoms with Gasteiger partial charge in [-0.2, -0.15) is 0 Å². The lowest BCUT2D eigenvalue weighted by Gasteiger charge is -2.39. The van der Waals surface area contributed by atoms with E-state index < -0.39 is 23.0 Å². The van der Waals surface area contributed by atoms with Crippen LogP contribution in [0, 0.1) is 5.41 Å². The third-order valence-corrected chi connectivity index (χ3v) is 6.49. The van der Waals surface area contributed by atoms with Crippen molar-refractivity contribution >= 4 is 17.6 Å². The van der Waals surface area contributed by atoms with Crippen LogP contribution in [0.2, 0.25) is 5.02 Å². The topological polar surface area (TPSA) is 96.2 Å². The van der Waals surface area contributed by atoms with E-state index in [1.54, 1.807) is 30.9 Å². The molecule has 9 heteroatoms. The molecule has 1 aliphatic heterocycles. The fourth-order valence-corrected chi connectivity index (χ4v) is 4.73. The van der Waals surface area contributed by atoms with Gasteiger partial charge >= 0.3 is 5.97 Å². The number of aromatic nitrogens is 1. The molecule has 2 aromatic rings. The molecule has 184 valence electrons. The molecule has 0 amide bonds. The molecular weight excluding hydrogens is 462 g/mol. The summed E-state index contributed by atoms with van der Waals surface area (Å²) < 4.78 is 24.5. The molecule has 1 N–H and O–H groups in total.